The number of carbonyl (C=O) groups is 1. The molecule has 0 fully saturated rings. The van der Waals surface area contributed by atoms with Crippen molar-refractivity contribution >= 4 is 16.7 Å². The largest absolute Gasteiger partial charge is 0.469 e. The molecule has 0 saturated heterocycles. The zero-order valence-electron chi connectivity index (χ0n) is 12.1. The number of hydrogen-bond donors (Lipinski definition) is 0. The third-order valence-corrected chi connectivity index (χ3v) is 3.47. The van der Waals surface area contributed by atoms with Crippen LogP contribution in [-0.4, -0.2) is 31.6 Å². The lowest BCUT2D eigenvalue weighted by Gasteiger charge is -2.17. The lowest BCUT2D eigenvalue weighted by Crippen LogP contribution is -2.20. The predicted molar refractivity (Wildman–Crippen MR) is 81.5 cm³/mol. The molecule has 106 valence electrons. The molecule has 0 bridgehead atoms. The molecule has 0 N–H and O–H groups in total. The number of esters is 1. The van der Waals surface area contributed by atoms with Gasteiger partial charge in [-0.25, -0.2) is 0 Å². The molecule has 20 heavy (non-hydrogen) atoms. The van der Waals surface area contributed by atoms with Gasteiger partial charge in [0.1, 0.15) is 0 Å². The van der Waals surface area contributed by atoms with E-state index in [1.807, 2.05) is 0 Å². The van der Waals surface area contributed by atoms with Gasteiger partial charge in [-0.05, 0) is 36.3 Å². The van der Waals surface area contributed by atoms with E-state index in [0.717, 1.165) is 19.5 Å². The quantitative estimate of drug-likeness (QED) is 0.755. The van der Waals surface area contributed by atoms with Crippen LogP contribution in [0.3, 0.4) is 0 Å². The summed E-state index contributed by atoms with van der Waals surface area (Å²) in [4.78, 5) is 13.3. The van der Waals surface area contributed by atoms with Crippen molar-refractivity contribution < 1.29 is 9.53 Å². The molecule has 2 rings (SSSR count). The molecule has 0 amide bonds. The lowest BCUT2D eigenvalue weighted by molar-refractivity contribution is -0.140. The first-order chi connectivity index (χ1) is 9.70. The molecule has 0 saturated carbocycles. The van der Waals surface area contributed by atoms with Crippen molar-refractivity contribution in [2.24, 2.45) is 0 Å². The van der Waals surface area contributed by atoms with Crippen LogP contribution in [0.5, 0.6) is 0 Å². The highest BCUT2D eigenvalue weighted by Crippen LogP contribution is 2.19. The van der Waals surface area contributed by atoms with E-state index in [2.05, 4.69) is 59.1 Å². The first-order valence-electron chi connectivity index (χ1n) is 6.92. The Morgan fingerprint density at radius 2 is 1.90 bits per heavy atom. The van der Waals surface area contributed by atoms with E-state index < -0.39 is 0 Å². The summed E-state index contributed by atoms with van der Waals surface area (Å²) in [6.07, 6.45) is 1.31. The second-order valence-corrected chi connectivity index (χ2v) is 5.06. The SMILES string of the molecule is COC(=O)CCCN(C)Cc1cccc2ccccc12. The van der Waals surface area contributed by atoms with Gasteiger partial charge in [-0.15, -0.1) is 0 Å². The number of rotatable bonds is 6. The summed E-state index contributed by atoms with van der Waals surface area (Å²) in [6, 6.07) is 14.8. The van der Waals surface area contributed by atoms with Crippen molar-refractivity contribution in [2.75, 3.05) is 20.7 Å². The number of nitrogens with zero attached hydrogens (tertiary/aromatic N) is 1. The first-order valence-corrected chi connectivity index (χ1v) is 6.92. The van der Waals surface area contributed by atoms with Gasteiger partial charge in [-0.2, -0.15) is 0 Å². The van der Waals surface area contributed by atoms with Crippen LogP contribution in [0.1, 0.15) is 18.4 Å². The van der Waals surface area contributed by atoms with E-state index in [0.29, 0.717) is 6.42 Å². The van der Waals surface area contributed by atoms with Crippen LogP contribution in [-0.2, 0) is 16.1 Å². The molecule has 2 aromatic rings. The van der Waals surface area contributed by atoms with Crippen LogP contribution in [0.15, 0.2) is 42.5 Å². The summed E-state index contributed by atoms with van der Waals surface area (Å²) >= 11 is 0. The Hall–Kier alpha value is -1.87. The Kier molecular flexibility index (Phi) is 5.13. The molecule has 0 aliphatic carbocycles. The minimum atomic E-state index is -0.136. The zero-order valence-corrected chi connectivity index (χ0v) is 12.1. The summed E-state index contributed by atoms with van der Waals surface area (Å²) in [5.74, 6) is -0.136. The van der Waals surface area contributed by atoms with Crippen LogP contribution in [0.25, 0.3) is 10.8 Å². The molecule has 0 atom stereocenters. The molecular formula is C17H21NO2. The Morgan fingerprint density at radius 1 is 1.15 bits per heavy atom. The standard InChI is InChI=1S/C17H21NO2/c1-18(12-6-11-17(19)20-2)13-15-9-5-8-14-7-3-4-10-16(14)15/h3-5,7-10H,6,11-13H2,1-2H3. The summed E-state index contributed by atoms with van der Waals surface area (Å²) in [5, 5.41) is 2.57. The van der Waals surface area contributed by atoms with E-state index >= 15 is 0 Å². The highest BCUT2D eigenvalue weighted by molar-refractivity contribution is 5.85. The number of methoxy groups -OCH3 is 1. The number of benzene rings is 2. The van der Waals surface area contributed by atoms with E-state index in [1.54, 1.807) is 0 Å². The molecule has 0 aliphatic heterocycles. The van der Waals surface area contributed by atoms with Gasteiger partial charge in [0.25, 0.3) is 0 Å². The van der Waals surface area contributed by atoms with Crippen LogP contribution in [0.2, 0.25) is 0 Å². The number of ether oxygens (including phenoxy) is 1. The molecule has 0 aliphatic rings. The van der Waals surface area contributed by atoms with E-state index in [-0.39, 0.29) is 5.97 Å². The van der Waals surface area contributed by atoms with Crippen molar-refractivity contribution in [3.05, 3.63) is 48.0 Å². The van der Waals surface area contributed by atoms with Gasteiger partial charge in [-0.1, -0.05) is 42.5 Å². The number of carbonyl (C=O) groups excluding carboxylic acids is 1. The highest BCUT2D eigenvalue weighted by atomic mass is 16.5. The molecular weight excluding hydrogens is 250 g/mol. The summed E-state index contributed by atoms with van der Waals surface area (Å²) in [5.41, 5.74) is 1.32. The minimum Gasteiger partial charge on any atom is -0.469 e. The van der Waals surface area contributed by atoms with Gasteiger partial charge in [0, 0.05) is 13.0 Å². The molecule has 0 unspecified atom stereocenters. The van der Waals surface area contributed by atoms with Crippen LogP contribution < -0.4 is 0 Å². The van der Waals surface area contributed by atoms with Crippen molar-refractivity contribution in [1.29, 1.82) is 0 Å². The first kappa shape index (κ1) is 14.5. The second-order valence-electron chi connectivity index (χ2n) is 5.06. The van der Waals surface area contributed by atoms with E-state index in [4.69, 9.17) is 0 Å². The van der Waals surface area contributed by atoms with Crippen molar-refractivity contribution in [2.45, 2.75) is 19.4 Å². The third-order valence-electron chi connectivity index (χ3n) is 3.47. The highest BCUT2D eigenvalue weighted by Gasteiger charge is 2.06. The maximum Gasteiger partial charge on any atom is 0.305 e. The van der Waals surface area contributed by atoms with Crippen molar-refractivity contribution in [3.8, 4) is 0 Å². The molecule has 3 heteroatoms. The molecule has 0 aromatic heterocycles. The number of hydrogen-bond acceptors (Lipinski definition) is 3. The predicted octanol–water partition coefficient (Wildman–Crippen LogP) is 3.22. The second kappa shape index (κ2) is 7.06. The van der Waals surface area contributed by atoms with E-state index in [1.165, 1.54) is 23.4 Å². The zero-order chi connectivity index (χ0) is 14.4. The Morgan fingerprint density at radius 3 is 2.70 bits per heavy atom. The molecule has 3 nitrogen and oxygen atoms in total. The maximum absolute atomic E-state index is 11.1. The maximum atomic E-state index is 11.1. The van der Waals surface area contributed by atoms with Crippen LogP contribution in [0, 0.1) is 0 Å². The summed E-state index contributed by atoms with van der Waals surface area (Å²) < 4.78 is 4.65. The lowest BCUT2D eigenvalue weighted by atomic mass is 10.0. The normalized spacial score (nSPS) is 10.9. The smallest absolute Gasteiger partial charge is 0.305 e. The minimum absolute atomic E-state index is 0.136. The van der Waals surface area contributed by atoms with E-state index in [9.17, 15) is 4.79 Å². The fourth-order valence-electron chi connectivity index (χ4n) is 2.40. The van der Waals surface area contributed by atoms with Gasteiger partial charge >= 0.3 is 5.97 Å². The monoisotopic (exact) mass is 271 g/mol. The Labute approximate surface area is 120 Å². The van der Waals surface area contributed by atoms with Gasteiger partial charge in [-0.3, -0.25) is 4.79 Å². The van der Waals surface area contributed by atoms with Gasteiger partial charge < -0.3 is 9.64 Å². The average Bonchev–Trinajstić information content (AvgIpc) is 2.47. The fourth-order valence-corrected chi connectivity index (χ4v) is 2.40. The molecule has 0 radical (unpaired) electrons. The average molecular weight is 271 g/mol. The Bertz CT molecular complexity index is 575. The van der Waals surface area contributed by atoms with Gasteiger partial charge in [0.2, 0.25) is 0 Å². The molecule has 0 spiro atoms. The Balaban J connectivity index is 1.96. The molecule has 2 aromatic carbocycles. The summed E-state index contributed by atoms with van der Waals surface area (Å²) in [6.45, 7) is 1.78. The van der Waals surface area contributed by atoms with Crippen molar-refractivity contribution in [3.63, 3.8) is 0 Å². The molecule has 0 heterocycles. The summed E-state index contributed by atoms with van der Waals surface area (Å²) in [7, 11) is 3.52. The van der Waals surface area contributed by atoms with Gasteiger partial charge in [0.05, 0.1) is 7.11 Å². The fraction of sp³-hybridized carbons (Fsp3) is 0.353. The van der Waals surface area contributed by atoms with Gasteiger partial charge in [0.15, 0.2) is 0 Å². The van der Waals surface area contributed by atoms with Crippen LogP contribution >= 0.6 is 0 Å². The topological polar surface area (TPSA) is 29.5 Å². The number of fused-ring (bicyclic) bond motifs is 1. The van der Waals surface area contributed by atoms with Crippen molar-refractivity contribution in [1.82, 2.24) is 4.90 Å². The third kappa shape index (κ3) is 3.81. The van der Waals surface area contributed by atoms with Crippen LogP contribution in [0.4, 0.5) is 0 Å².